The second-order valence-corrected chi connectivity index (χ2v) is 6.71. The molecule has 1 heterocycles. The third-order valence-corrected chi connectivity index (χ3v) is 3.04. The van der Waals surface area contributed by atoms with Crippen molar-refractivity contribution in [3.05, 3.63) is 0 Å². The molecule has 5 heteroatoms. The van der Waals surface area contributed by atoms with E-state index in [0.717, 1.165) is 0 Å². The molecule has 0 saturated carbocycles. The van der Waals surface area contributed by atoms with Gasteiger partial charge in [-0.15, -0.1) is 0 Å². The molecule has 0 aromatic carbocycles. The van der Waals surface area contributed by atoms with Crippen molar-refractivity contribution in [2.45, 2.75) is 70.6 Å². The molecule has 19 heavy (non-hydrogen) atoms. The number of ketones is 1. The molecule has 0 aromatic heterocycles. The average Bonchev–Trinajstić information content (AvgIpc) is 2.10. The molecule has 0 amide bonds. The van der Waals surface area contributed by atoms with Crippen molar-refractivity contribution in [3.8, 4) is 6.07 Å². The lowest BCUT2D eigenvalue weighted by molar-refractivity contribution is -0.162. The largest absolute Gasteiger partial charge is 0.443 e. The van der Waals surface area contributed by atoms with Crippen LogP contribution in [0.1, 0.15) is 53.9 Å². The molecule has 1 saturated heterocycles. The van der Waals surface area contributed by atoms with E-state index in [-0.39, 0.29) is 23.3 Å². The standard InChI is InChI=1S/C14H22N2O3/c1-10(17)6-11(18)19-14(9-15)7-12(2,3)16-13(4,5)8-14/h16H,6-8H2,1-5H3. The number of ether oxygens (including phenoxy) is 1. The maximum Gasteiger partial charge on any atom is 0.314 e. The van der Waals surface area contributed by atoms with Crippen LogP contribution < -0.4 is 5.32 Å². The molecule has 0 aliphatic carbocycles. The molecule has 5 nitrogen and oxygen atoms in total. The topological polar surface area (TPSA) is 79.2 Å². The van der Waals surface area contributed by atoms with Gasteiger partial charge in [0, 0.05) is 23.9 Å². The molecule has 106 valence electrons. The maximum absolute atomic E-state index is 11.7. The van der Waals surface area contributed by atoms with Crippen molar-refractivity contribution in [2.75, 3.05) is 0 Å². The van der Waals surface area contributed by atoms with E-state index >= 15 is 0 Å². The molecule has 1 fully saturated rings. The van der Waals surface area contributed by atoms with Crippen molar-refractivity contribution in [3.63, 3.8) is 0 Å². The van der Waals surface area contributed by atoms with E-state index in [4.69, 9.17) is 4.74 Å². The van der Waals surface area contributed by atoms with Crippen LogP contribution in [0.5, 0.6) is 0 Å². The Morgan fingerprint density at radius 3 is 2.05 bits per heavy atom. The summed E-state index contributed by atoms with van der Waals surface area (Å²) in [6.07, 6.45) is 0.533. The quantitative estimate of drug-likeness (QED) is 0.621. The van der Waals surface area contributed by atoms with Gasteiger partial charge in [-0.2, -0.15) is 5.26 Å². The van der Waals surface area contributed by atoms with Crippen LogP contribution in [-0.4, -0.2) is 28.4 Å². The van der Waals surface area contributed by atoms with Gasteiger partial charge in [-0.3, -0.25) is 9.59 Å². The number of hydrogen-bond donors (Lipinski definition) is 1. The fourth-order valence-electron chi connectivity index (χ4n) is 3.13. The number of carbonyl (C=O) groups is 2. The Labute approximate surface area is 114 Å². The van der Waals surface area contributed by atoms with E-state index in [1.807, 2.05) is 27.7 Å². The van der Waals surface area contributed by atoms with Gasteiger partial charge >= 0.3 is 5.97 Å². The molecule has 1 aliphatic rings. The number of nitrogens with zero attached hydrogens (tertiary/aromatic N) is 1. The number of nitrogens with one attached hydrogen (secondary N) is 1. The summed E-state index contributed by atoms with van der Waals surface area (Å²) in [5, 5.41) is 12.9. The zero-order valence-electron chi connectivity index (χ0n) is 12.3. The van der Waals surface area contributed by atoms with Crippen LogP contribution in [0, 0.1) is 11.3 Å². The minimum atomic E-state index is -1.16. The Bertz CT molecular complexity index is 416. The summed E-state index contributed by atoms with van der Waals surface area (Å²) >= 11 is 0. The number of esters is 1. The SMILES string of the molecule is CC(=O)CC(=O)OC1(C#N)CC(C)(C)NC(C)(C)C1. The van der Waals surface area contributed by atoms with Crippen molar-refractivity contribution in [1.82, 2.24) is 5.32 Å². The van der Waals surface area contributed by atoms with Gasteiger partial charge in [0.05, 0.1) is 0 Å². The lowest BCUT2D eigenvalue weighted by Gasteiger charge is -2.49. The Kier molecular flexibility index (Phi) is 4.06. The second kappa shape index (κ2) is 4.93. The summed E-state index contributed by atoms with van der Waals surface area (Å²) in [4.78, 5) is 22.6. The smallest absolute Gasteiger partial charge is 0.314 e. The molecule has 0 spiro atoms. The van der Waals surface area contributed by atoms with Gasteiger partial charge in [0.15, 0.2) is 0 Å². The fraction of sp³-hybridized carbons (Fsp3) is 0.786. The van der Waals surface area contributed by atoms with E-state index in [2.05, 4.69) is 11.4 Å². The first kappa shape index (κ1) is 15.6. The number of rotatable bonds is 3. The van der Waals surface area contributed by atoms with E-state index in [0.29, 0.717) is 12.8 Å². The summed E-state index contributed by atoms with van der Waals surface area (Å²) in [5.74, 6) is -0.881. The normalized spacial score (nSPS) is 23.2. The highest BCUT2D eigenvalue weighted by Crippen LogP contribution is 2.38. The van der Waals surface area contributed by atoms with Crippen molar-refractivity contribution in [2.24, 2.45) is 0 Å². The van der Waals surface area contributed by atoms with Gasteiger partial charge in [0.2, 0.25) is 5.60 Å². The molecule has 1 N–H and O–H groups in total. The third kappa shape index (κ3) is 4.32. The van der Waals surface area contributed by atoms with Gasteiger partial charge < -0.3 is 10.1 Å². The van der Waals surface area contributed by atoms with E-state index < -0.39 is 11.6 Å². The number of Topliss-reactive ketones (excluding diaryl/α,β-unsaturated/α-hetero) is 1. The summed E-state index contributed by atoms with van der Waals surface area (Å²) in [7, 11) is 0. The van der Waals surface area contributed by atoms with Crippen molar-refractivity contribution < 1.29 is 14.3 Å². The maximum atomic E-state index is 11.7. The number of hydrogen-bond acceptors (Lipinski definition) is 5. The van der Waals surface area contributed by atoms with Gasteiger partial charge in [-0.25, -0.2) is 0 Å². The number of nitriles is 1. The summed E-state index contributed by atoms with van der Waals surface area (Å²) in [5.41, 5.74) is -1.78. The highest BCUT2D eigenvalue weighted by molar-refractivity contribution is 5.94. The van der Waals surface area contributed by atoms with Gasteiger partial charge in [0.25, 0.3) is 0 Å². The molecule has 0 bridgehead atoms. The van der Waals surface area contributed by atoms with Gasteiger partial charge in [0.1, 0.15) is 18.3 Å². The number of carbonyl (C=O) groups excluding carboxylic acids is 2. The second-order valence-electron chi connectivity index (χ2n) is 6.71. The zero-order valence-corrected chi connectivity index (χ0v) is 12.3. The van der Waals surface area contributed by atoms with Crippen LogP contribution in [0.2, 0.25) is 0 Å². The average molecular weight is 266 g/mol. The van der Waals surface area contributed by atoms with Crippen LogP contribution >= 0.6 is 0 Å². The first-order valence-electron chi connectivity index (χ1n) is 6.41. The molecule has 1 rings (SSSR count). The summed E-state index contributed by atoms with van der Waals surface area (Å²) in [6.45, 7) is 9.21. The van der Waals surface area contributed by atoms with Crippen LogP contribution in [-0.2, 0) is 14.3 Å². The highest BCUT2D eigenvalue weighted by Gasteiger charge is 2.50. The first-order valence-corrected chi connectivity index (χ1v) is 6.41. The lowest BCUT2D eigenvalue weighted by Crippen LogP contribution is -2.64. The van der Waals surface area contributed by atoms with Crippen LogP contribution in [0.15, 0.2) is 0 Å². The predicted octanol–water partition coefficient (Wildman–Crippen LogP) is 1.71. The molecular formula is C14H22N2O3. The molecule has 0 radical (unpaired) electrons. The van der Waals surface area contributed by atoms with Gasteiger partial charge in [-0.05, 0) is 34.6 Å². The third-order valence-electron chi connectivity index (χ3n) is 3.04. The lowest BCUT2D eigenvalue weighted by atomic mass is 9.73. The summed E-state index contributed by atoms with van der Waals surface area (Å²) < 4.78 is 5.35. The Hall–Kier alpha value is -1.41. The van der Waals surface area contributed by atoms with Crippen LogP contribution in [0.25, 0.3) is 0 Å². The number of piperidine rings is 1. The molecule has 0 aromatic rings. The first-order chi connectivity index (χ1) is 8.49. The predicted molar refractivity (Wildman–Crippen MR) is 70.3 cm³/mol. The van der Waals surface area contributed by atoms with E-state index in [1.54, 1.807) is 0 Å². The minimum Gasteiger partial charge on any atom is -0.443 e. The van der Waals surface area contributed by atoms with Gasteiger partial charge in [-0.1, -0.05) is 0 Å². The Morgan fingerprint density at radius 1 is 1.21 bits per heavy atom. The molecular weight excluding hydrogens is 244 g/mol. The molecule has 0 unspecified atom stereocenters. The monoisotopic (exact) mass is 266 g/mol. The van der Waals surface area contributed by atoms with Crippen LogP contribution in [0.4, 0.5) is 0 Å². The minimum absolute atomic E-state index is 0.259. The Morgan fingerprint density at radius 2 is 1.68 bits per heavy atom. The van der Waals surface area contributed by atoms with E-state index in [9.17, 15) is 14.9 Å². The van der Waals surface area contributed by atoms with Crippen molar-refractivity contribution in [1.29, 1.82) is 5.26 Å². The zero-order chi connectivity index (χ0) is 14.9. The summed E-state index contributed by atoms with van der Waals surface area (Å²) in [6, 6.07) is 2.14. The van der Waals surface area contributed by atoms with Crippen molar-refractivity contribution >= 4 is 11.8 Å². The highest BCUT2D eigenvalue weighted by atomic mass is 16.6. The molecule has 1 aliphatic heterocycles. The molecule has 0 atom stereocenters. The Balaban J connectivity index is 2.94. The fourth-order valence-corrected chi connectivity index (χ4v) is 3.13. The van der Waals surface area contributed by atoms with Crippen LogP contribution in [0.3, 0.4) is 0 Å². The van der Waals surface area contributed by atoms with E-state index in [1.165, 1.54) is 6.92 Å².